The summed E-state index contributed by atoms with van der Waals surface area (Å²) < 4.78 is 0. The van der Waals surface area contributed by atoms with E-state index in [4.69, 9.17) is 4.98 Å². The highest BCUT2D eigenvalue weighted by Gasteiger charge is 2.17. The lowest BCUT2D eigenvalue weighted by atomic mass is 9.90. The standard InChI is InChI=1S/C52H32N2/c1-3-16-38-35(12-1)29-46(43-20-7-5-18-41(38)43)37-24-25-51-49(31-37)47(34-15-11-14-33(28-34)40-26-27-53-50-23-10-9-22-45(40)50)32-52(54-51)48-30-36-13-2-4-17-39(36)42-19-6-8-21-44(42)48/h1-32H. The summed E-state index contributed by atoms with van der Waals surface area (Å²) in [4.78, 5) is 10.1. The van der Waals surface area contributed by atoms with E-state index in [2.05, 4.69) is 187 Å². The summed E-state index contributed by atoms with van der Waals surface area (Å²) in [5.41, 5.74) is 11.1. The van der Waals surface area contributed by atoms with Gasteiger partial charge in [0.05, 0.1) is 16.7 Å². The van der Waals surface area contributed by atoms with Crippen molar-refractivity contribution in [2.24, 2.45) is 0 Å². The van der Waals surface area contributed by atoms with E-state index in [0.717, 1.165) is 49.8 Å². The van der Waals surface area contributed by atoms with E-state index in [9.17, 15) is 0 Å². The Kier molecular flexibility index (Phi) is 6.90. The molecule has 0 amide bonds. The van der Waals surface area contributed by atoms with E-state index in [1.807, 2.05) is 12.3 Å². The third-order valence-corrected chi connectivity index (χ3v) is 11.1. The summed E-state index contributed by atoms with van der Waals surface area (Å²) in [6.45, 7) is 0. The van der Waals surface area contributed by atoms with Crippen LogP contribution in [0.4, 0.5) is 0 Å². The molecule has 54 heavy (non-hydrogen) atoms. The average Bonchev–Trinajstić information content (AvgIpc) is 3.25. The summed E-state index contributed by atoms with van der Waals surface area (Å²) in [6.07, 6.45) is 1.91. The van der Waals surface area contributed by atoms with Crippen LogP contribution in [0.1, 0.15) is 0 Å². The topological polar surface area (TPSA) is 25.8 Å². The normalized spacial score (nSPS) is 11.7. The van der Waals surface area contributed by atoms with E-state index in [1.54, 1.807) is 0 Å². The Bertz CT molecular complexity index is 3280. The van der Waals surface area contributed by atoms with Crippen molar-refractivity contribution < 1.29 is 0 Å². The summed E-state index contributed by atoms with van der Waals surface area (Å²) in [5, 5.41) is 12.2. The molecular weight excluding hydrogens is 653 g/mol. The number of pyridine rings is 2. The number of aromatic nitrogens is 2. The van der Waals surface area contributed by atoms with E-state index in [-0.39, 0.29) is 0 Å². The van der Waals surface area contributed by atoms with Gasteiger partial charge < -0.3 is 0 Å². The minimum absolute atomic E-state index is 0.961. The quantitative estimate of drug-likeness (QED) is 0.172. The van der Waals surface area contributed by atoms with Gasteiger partial charge in [0.1, 0.15) is 0 Å². The molecule has 0 bridgehead atoms. The largest absolute Gasteiger partial charge is 0.256 e. The van der Waals surface area contributed by atoms with Gasteiger partial charge in [-0.15, -0.1) is 0 Å². The Balaban J connectivity index is 1.19. The van der Waals surface area contributed by atoms with Gasteiger partial charge in [0.2, 0.25) is 0 Å². The zero-order valence-corrected chi connectivity index (χ0v) is 29.4. The van der Waals surface area contributed by atoms with Crippen LogP contribution in [0.5, 0.6) is 0 Å². The molecule has 0 saturated heterocycles. The SMILES string of the molecule is c1cc(-c2ccnc3ccccc23)cc(-c2cc(-c3cc4ccccc4c4ccccc34)nc3ccc(-c4cc5ccccc5c5ccccc45)cc23)c1. The van der Waals surface area contributed by atoms with Crippen LogP contribution in [0.3, 0.4) is 0 Å². The van der Waals surface area contributed by atoms with Crippen LogP contribution >= 0.6 is 0 Å². The third-order valence-electron chi connectivity index (χ3n) is 11.1. The summed E-state index contributed by atoms with van der Waals surface area (Å²) >= 11 is 0. The van der Waals surface area contributed by atoms with E-state index < -0.39 is 0 Å². The summed E-state index contributed by atoms with van der Waals surface area (Å²) in [5.74, 6) is 0. The minimum atomic E-state index is 0.961. The maximum absolute atomic E-state index is 5.45. The van der Waals surface area contributed by atoms with Crippen molar-refractivity contribution in [2.45, 2.75) is 0 Å². The van der Waals surface area contributed by atoms with Gasteiger partial charge in [-0.3, -0.25) is 4.98 Å². The predicted molar refractivity (Wildman–Crippen MR) is 229 cm³/mol. The first-order valence-electron chi connectivity index (χ1n) is 18.5. The molecule has 0 aliphatic rings. The molecule has 9 aromatic carbocycles. The zero-order chi connectivity index (χ0) is 35.6. The van der Waals surface area contributed by atoms with E-state index in [0.29, 0.717) is 0 Å². The molecule has 11 aromatic rings. The summed E-state index contributed by atoms with van der Waals surface area (Å²) in [6, 6.07) is 68.1. The van der Waals surface area contributed by atoms with Crippen molar-refractivity contribution in [1.82, 2.24) is 9.97 Å². The Morgan fingerprint density at radius 3 is 1.54 bits per heavy atom. The Morgan fingerprint density at radius 1 is 0.278 bits per heavy atom. The van der Waals surface area contributed by atoms with Gasteiger partial charge in [0.25, 0.3) is 0 Å². The van der Waals surface area contributed by atoms with Crippen LogP contribution < -0.4 is 0 Å². The molecule has 250 valence electrons. The minimum Gasteiger partial charge on any atom is -0.256 e. The lowest BCUT2D eigenvalue weighted by Crippen LogP contribution is -1.93. The molecule has 0 unspecified atom stereocenters. The lowest BCUT2D eigenvalue weighted by molar-refractivity contribution is 1.40. The van der Waals surface area contributed by atoms with Crippen molar-refractivity contribution in [3.63, 3.8) is 0 Å². The second-order valence-electron chi connectivity index (χ2n) is 14.1. The molecule has 2 aromatic heterocycles. The maximum atomic E-state index is 5.45. The maximum Gasteiger partial charge on any atom is 0.0722 e. The summed E-state index contributed by atoms with van der Waals surface area (Å²) in [7, 11) is 0. The van der Waals surface area contributed by atoms with Gasteiger partial charge >= 0.3 is 0 Å². The molecule has 0 aliphatic carbocycles. The lowest BCUT2D eigenvalue weighted by Gasteiger charge is -2.16. The highest BCUT2D eigenvalue weighted by Crippen LogP contribution is 2.42. The molecular formula is C52H32N2. The van der Waals surface area contributed by atoms with Crippen LogP contribution in [0.25, 0.3) is 110 Å². The number of para-hydroxylation sites is 1. The molecule has 0 N–H and O–H groups in total. The van der Waals surface area contributed by atoms with Crippen molar-refractivity contribution in [2.75, 3.05) is 0 Å². The van der Waals surface area contributed by atoms with Crippen molar-refractivity contribution >= 4 is 64.9 Å². The molecule has 2 heterocycles. The van der Waals surface area contributed by atoms with Crippen molar-refractivity contribution in [3.05, 3.63) is 194 Å². The molecule has 2 nitrogen and oxygen atoms in total. The smallest absolute Gasteiger partial charge is 0.0722 e. The Labute approximate surface area is 312 Å². The second-order valence-corrected chi connectivity index (χ2v) is 14.1. The fourth-order valence-electron chi connectivity index (χ4n) is 8.53. The molecule has 0 saturated carbocycles. The first kappa shape index (κ1) is 30.5. The number of fused-ring (bicyclic) bond motifs is 8. The molecule has 0 fully saturated rings. The first-order chi connectivity index (χ1) is 26.8. The Morgan fingerprint density at radius 2 is 0.815 bits per heavy atom. The van der Waals surface area contributed by atoms with E-state index >= 15 is 0 Å². The zero-order valence-electron chi connectivity index (χ0n) is 29.4. The van der Waals surface area contributed by atoms with Crippen LogP contribution in [-0.2, 0) is 0 Å². The van der Waals surface area contributed by atoms with Gasteiger partial charge in [0, 0.05) is 22.5 Å². The van der Waals surface area contributed by atoms with E-state index in [1.165, 1.54) is 59.8 Å². The molecule has 0 atom stereocenters. The van der Waals surface area contributed by atoms with Gasteiger partial charge in [-0.05, 0) is 125 Å². The first-order valence-corrected chi connectivity index (χ1v) is 18.5. The van der Waals surface area contributed by atoms with Crippen LogP contribution in [-0.4, -0.2) is 9.97 Å². The number of benzene rings is 9. The fourth-order valence-corrected chi connectivity index (χ4v) is 8.53. The molecule has 0 aliphatic heterocycles. The predicted octanol–water partition coefficient (Wildman–Crippen LogP) is 14.1. The molecule has 0 spiro atoms. The van der Waals surface area contributed by atoms with Crippen molar-refractivity contribution in [3.8, 4) is 44.6 Å². The van der Waals surface area contributed by atoms with Gasteiger partial charge in [0.15, 0.2) is 0 Å². The molecule has 0 radical (unpaired) electrons. The average molecular weight is 685 g/mol. The highest BCUT2D eigenvalue weighted by atomic mass is 14.7. The third kappa shape index (κ3) is 4.88. The van der Waals surface area contributed by atoms with Gasteiger partial charge in [-0.25, -0.2) is 4.98 Å². The van der Waals surface area contributed by atoms with Gasteiger partial charge in [-0.1, -0.05) is 140 Å². The second kappa shape index (κ2) is 12.2. The number of hydrogen-bond donors (Lipinski definition) is 0. The van der Waals surface area contributed by atoms with Crippen LogP contribution in [0.15, 0.2) is 194 Å². The monoisotopic (exact) mass is 684 g/mol. The van der Waals surface area contributed by atoms with Crippen LogP contribution in [0, 0.1) is 0 Å². The number of hydrogen-bond acceptors (Lipinski definition) is 2. The highest BCUT2D eigenvalue weighted by molar-refractivity contribution is 6.16. The molecule has 2 heteroatoms. The fraction of sp³-hybridized carbons (Fsp3) is 0. The van der Waals surface area contributed by atoms with Crippen molar-refractivity contribution in [1.29, 1.82) is 0 Å². The Hall–Kier alpha value is -7.16. The van der Waals surface area contributed by atoms with Gasteiger partial charge in [-0.2, -0.15) is 0 Å². The van der Waals surface area contributed by atoms with Crippen LogP contribution in [0.2, 0.25) is 0 Å². The number of rotatable bonds is 4. The molecule has 11 rings (SSSR count). The number of nitrogens with zero attached hydrogens (tertiary/aromatic N) is 2.